The molecule has 1 unspecified atom stereocenters. The molecule has 1 atom stereocenters. The Morgan fingerprint density at radius 3 is 2.86 bits per heavy atom. The van der Waals surface area contributed by atoms with E-state index in [2.05, 4.69) is 27.3 Å². The molecule has 1 aliphatic rings. The predicted molar refractivity (Wildman–Crippen MR) is 89.8 cm³/mol. The van der Waals surface area contributed by atoms with E-state index in [0.717, 1.165) is 42.1 Å². The van der Waals surface area contributed by atoms with Gasteiger partial charge in [-0.05, 0) is 53.4 Å². The van der Waals surface area contributed by atoms with Crippen molar-refractivity contribution in [2.75, 3.05) is 26.9 Å². The summed E-state index contributed by atoms with van der Waals surface area (Å²) in [4.78, 5) is 0. The van der Waals surface area contributed by atoms with Crippen LogP contribution in [0.25, 0.3) is 0 Å². The highest BCUT2D eigenvalue weighted by Crippen LogP contribution is 2.36. The van der Waals surface area contributed by atoms with E-state index in [9.17, 15) is 0 Å². The Kier molecular flexibility index (Phi) is 8.41. The van der Waals surface area contributed by atoms with Crippen LogP contribution in [0, 0.1) is 0 Å². The summed E-state index contributed by atoms with van der Waals surface area (Å²) in [6.07, 6.45) is 2.70. The van der Waals surface area contributed by atoms with Crippen LogP contribution in [0.2, 0.25) is 0 Å². The molecule has 1 heterocycles. The summed E-state index contributed by atoms with van der Waals surface area (Å²) in [5, 5.41) is 3.44. The van der Waals surface area contributed by atoms with E-state index in [1.165, 1.54) is 12.0 Å². The number of benzene rings is 1. The number of halogens is 2. The van der Waals surface area contributed by atoms with Crippen molar-refractivity contribution in [1.82, 2.24) is 5.32 Å². The smallest absolute Gasteiger partial charge is 0.174 e. The first-order valence-corrected chi connectivity index (χ1v) is 7.85. The lowest BCUT2D eigenvalue weighted by Gasteiger charge is -2.15. The third kappa shape index (κ3) is 5.33. The van der Waals surface area contributed by atoms with Gasteiger partial charge in [-0.2, -0.15) is 0 Å². The molecule has 4 nitrogen and oxygen atoms in total. The van der Waals surface area contributed by atoms with Gasteiger partial charge >= 0.3 is 0 Å². The van der Waals surface area contributed by atoms with E-state index in [-0.39, 0.29) is 12.4 Å². The first-order chi connectivity index (χ1) is 9.74. The summed E-state index contributed by atoms with van der Waals surface area (Å²) in [6.45, 7) is 5.18. The molecule has 0 aliphatic carbocycles. The Hall–Kier alpha value is -0.490. The fourth-order valence-corrected chi connectivity index (χ4v) is 3.02. The highest BCUT2D eigenvalue weighted by Gasteiger charge is 2.15. The molecule has 0 radical (unpaired) electrons. The minimum atomic E-state index is 0. The van der Waals surface area contributed by atoms with Crippen LogP contribution in [0.3, 0.4) is 0 Å². The Labute approximate surface area is 141 Å². The van der Waals surface area contributed by atoms with Crippen LogP contribution < -0.4 is 14.8 Å². The number of hydrogen-bond donors (Lipinski definition) is 1. The topological polar surface area (TPSA) is 39.7 Å². The van der Waals surface area contributed by atoms with E-state index < -0.39 is 0 Å². The summed E-state index contributed by atoms with van der Waals surface area (Å²) < 4.78 is 17.5. The zero-order chi connectivity index (χ0) is 14.4. The van der Waals surface area contributed by atoms with E-state index >= 15 is 0 Å². The van der Waals surface area contributed by atoms with Crippen LogP contribution in [0.5, 0.6) is 11.5 Å². The molecule has 1 aromatic rings. The van der Waals surface area contributed by atoms with Crippen molar-refractivity contribution in [3.05, 3.63) is 22.2 Å². The first-order valence-electron chi connectivity index (χ1n) is 7.06. The molecule has 120 valence electrons. The molecular formula is C15H23BrClNO3. The lowest BCUT2D eigenvalue weighted by Crippen LogP contribution is -2.25. The van der Waals surface area contributed by atoms with Gasteiger partial charge in [-0.3, -0.25) is 0 Å². The van der Waals surface area contributed by atoms with Crippen molar-refractivity contribution in [2.45, 2.75) is 32.4 Å². The van der Waals surface area contributed by atoms with Crippen LogP contribution in [-0.4, -0.2) is 33.0 Å². The van der Waals surface area contributed by atoms with E-state index in [4.69, 9.17) is 14.2 Å². The predicted octanol–water partition coefficient (Wildman–Crippen LogP) is 3.55. The van der Waals surface area contributed by atoms with E-state index in [1.807, 2.05) is 13.0 Å². The summed E-state index contributed by atoms with van der Waals surface area (Å²) in [5.41, 5.74) is 1.17. The summed E-state index contributed by atoms with van der Waals surface area (Å²) in [7, 11) is 1.65. The number of hydrogen-bond acceptors (Lipinski definition) is 4. The van der Waals surface area contributed by atoms with Crippen molar-refractivity contribution in [3.63, 3.8) is 0 Å². The lowest BCUT2D eigenvalue weighted by molar-refractivity contribution is 0.110. The maximum atomic E-state index is 5.62. The minimum absolute atomic E-state index is 0. The Balaban J connectivity index is 0.00000220. The molecule has 21 heavy (non-hydrogen) atoms. The molecule has 0 aromatic heterocycles. The minimum Gasteiger partial charge on any atom is -0.492 e. The number of rotatable bonds is 7. The average molecular weight is 381 g/mol. The SMILES string of the molecule is CCOc1cc(CNCC2CCCO2)cc(Br)c1OC.Cl. The van der Waals surface area contributed by atoms with Crippen molar-refractivity contribution >= 4 is 28.3 Å². The van der Waals surface area contributed by atoms with Crippen LogP contribution in [-0.2, 0) is 11.3 Å². The Bertz CT molecular complexity index is 439. The van der Waals surface area contributed by atoms with Gasteiger partial charge in [0.15, 0.2) is 11.5 Å². The molecule has 0 amide bonds. The molecule has 0 bridgehead atoms. The van der Waals surface area contributed by atoms with Gasteiger partial charge < -0.3 is 19.5 Å². The molecule has 1 aromatic carbocycles. The fourth-order valence-electron chi connectivity index (χ4n) is 2.37. The van der Waals surface area contributed by atoms with Crippen molar-refractivity contribution in [3.8, 4) is 11.5 Å². The highest BCUT2D eigenvalue weighted by atomic mass is 79.9. The van der Waals surface area contributed by atoms with Gasteiger partial charge in [0.25, 0.3) is 0 Å². The molecule has 2 rings (SSSR count). The van der Waals surface area contributed by atoms with Crippen molar-refractivity contribution < 1.29 is 14.2 Å². The lowest BCUT2D eigenvalue weighted by atomic mass is 10.2. The summed E-state index contributed by atoms with van der Waals surface area (Å²) in [5.74, 6) is 1.52. The number of nitrogens with one attached hydrogen (secondary N) is 1. The van der Waals surface area contributed by atoms with Crippen LogP contribution in [0.15, 0.2) is 16.6 Å². The monoisotopic (exact) mass is 379 g/mol. The van der Waals surface area contributed by atoms with Gasteiger partial charge in [0, 0.05) is 19.7 Å². The van der Waals surface area contributed by atoms with E-state index in [0.29, 0.717) is 12.7 Å². The van der Waals surface area contributed by atoms with Gasteiger partial charge in [0.1, 0.15) is 0 Å². The summed E-state index contributed by atoms with van der Waals surface area (Å²) >= 11 is 3.53. The van der Waals surface area contributed by atoms with Gasteiger partial charge in [0.2, 0.25) is 0 Å². The molecule has 6 heteroatoms. The second kappa shape index (κ2) is 9.51. The van der Waals surface area contributed by atoms with Gasteiger partial charge in [-0.25, -0.2) is 0 Å². The van der Waals surface area contributed by atoms with Crippen LogP contribution in [0.4, 0.5) is 0 Å². The average Bonchev–Trinajstić information content (AvgIpc) is 2.92. The van der Waals surface area contributed by atoms with Gasteiger partial charge in [0.05, 0.1) is 24.3 Å². The number of methoxy groups -OCH3 is 1. The zero-order valence-electron chi connectivity index (χ0n) is 12.5. The largest absolute Gasteiger partial charge is 0.492 e. The third-order valence-corrected chi connectivity index (χ3v) is 3.89. The maximum Gasteiger partial charge on any atom is 0.174 e. The standard InChI is InChI=1S/C15H22BrNO3.ClH/c1-3-19-14-8-11(7-13(16)15(14)18-2)9-17-10-12-5-4-6-20-12;/h7-8,12,17H,3-6,9-10H2,1-2H3;1H. The Morgan fingerprint density at radius 1 is 1.43 bits per heavy atom. The van der Waals surface area contributed by atoms with Crippen molar-refractivity contribution in [2.24, 2.45) is 0 Å². The third-order valence-electron chi connectivity index (χ3n) is 3.30. The molecule has 0 saturated carbocycles. The quantitative estimate of drug-likeness (QED) is 0.785. The van der Waals surface area contributed by atoms with Crippen LogP contribution in [0.1, 0.15) is 25.3 Å². The van der Waals surface area contributed by atoms with E-state index in [1.54, 1.807) is 7.11 Å². The molecule has 1 N–H and O–H groups in total. The zero-order valence-corrected chi connectivity index (χ0v) is 14.9. The van der Waals surface area contributed by atoms with Crippen molar-refractivity contribution in [1.29, 1.82) is 0 Å². The first kappa shape index (κ1) is 18.6. The number of ether oxygens (including phenoxy) is 3. The maximum absolute atomic E-state index is 5.62. The summed E-state index contributed by atoms with van der Waals surface area (Å²) in [6, 6.07) is 4.08. The molecule has 1 fully saturated rings. The van der Waals surface area contributed by atoms with Crippen LogP contribution >= 0.6 is 28.3 Å². The molecular weight excluding hydrogens is 358 g/mol. The molecule has 1 aliphatic heterocycles. The van der Waals surface area contributed by atoms with Gasteiger partial charge in [-0.15, -0.1) is 12.4 Å². The second-order valence-electron chi connectivity index (χ2n) is 4.81. The fraction of sp³-hybridized carbons (Fsp3) is 0.600. The second-order valence-corrected chi connectivity index (χ2v) is 5.66. The normalized spacial score (nSPS) is 17.4. The Morgan fingerprint density at radius 2 is 2.24 bits per heavy atom. The molecule has 1 saturated heterocycles. The molecule has 0 spiro atoms. The van der Waals surface area contributed by atoms with Gasteiger partial charge in [-0.1, -0.05) is 0 Å². The highest BCUT2D eigenvalue weighted by molar-refractivity contribution is 9.10.